The number of hydrogen-bond acceptors (Lipinski definition) is 3. The highest BCUT2D eigenvalue weighted by Gasteiger charge is 2.12. The molecule has 2 rings (SSSR count). The number of hydrogen-bond donors (Lipinski definition) is 2. The van der Waals surface area contributed by atoms with Crippen molar-refractivity contribution in [3.63, 3.8) is 0 Å². The average Bonchev–Trinajstić information content (AvgIpc) is 2.46. The molecule has 2 aromatic carbocycles. The fourth-order valence-corrected chi connectivity index (χ4v) is 1.95. The standard InChI is InChI=1S/C16H18FNO2/c1-11(18)14-9-13(17)7-8-16(14)20-10-15(19)12-5-3-2-4-6-12/h2-9,11,15,19H,10,18H2,1H3/t11-,15?/m1/s1. The molecule has 0 fully saturated rings. The second-order valence-electron chi connectivity index (χ2n) is 4.71. The van der Waals surface area contributed by atoms with Gasteiger partial charge in [0.05, 0.1) is 0 Å². The normalized spacial score (nSPS) is 13.8. The first-order valence-corrected chi connectivity index (χ1v) is 6.48. The molecular formula is C16H18FNO2. The van der Waals surface area contributed by atoms with E-state index in [2.05, 4.69) is 0 Å². The van der Waals surface area contributed by atoms with Crippen molar-refractivity contribution in [2.75, 3.05) is 6.61 Å². The number of halogens is 1. The Balaban J connectivity index is 2.08. The van der Waals surface area contributed by atoms with Gasteiger partial charge in [0.2, 0.25) is 0 Å². The summed E-state index contributed by atoms with van der Waals surface area (Å²) in [7, 11) is 0. The molecule has 0 saturated heterocycles. The van der Waals surface area contributed by atoms with Crippen LogP contribution in [0.5, 0.6) is 5.75 Å². The van der Waals surface area contributed by atoms with Gasteiger partial charge in [-0.15, -0.1) is 0 Å². The number of nitrogens with two attached hydrogens (primary N) is 1. The molecule has 2 aromatic rings. The summed E-state index contributed by atoms with van der Waals surface area (Å²) < 4.78 is 18.8. The van der Waals surface area contributed by atoms with Crippen molar-refractivity contribution in [3.8, 4) is 5.75 Å². The van der Waals surface area contributed by atoms with E-state index >= 15 is 0 Å². The number of ether oxygens (including phenoxy) is 1. The highest BCUT2D eigenvalue weighted by atomic mass is 19.1. The van der Waals surface area contributed by atoms with Gasteiger partial charge in [-0.2, -0.15) is 0 Å². The molecule has 3 nitrogen and oxygen atoms in total. The Morgan fingerprint density at radius 2 is 1.90 bits per heavy atom. The molecule has 0 spiro atoms. The predicted molar refractivity (Wildman–Crippen MR) is 75.9 cm³/mol. The molecule has 0 aliphatic rings. The predicted octanol–water partition coefficient (Wildman–Crippen LogP) is 2.96. The van der Waals surface area contributed by atoms with Crippen molar-refractivity contribution in [3.05, 3.63) is 65.5 Å². The molecule has 3 N–H and O–H groups in total. The molecule has 0 aromatic heterocycles. The molecule has 106 valence electrons. The third-order valence-electron chi connectivity index (χ3n) is 3.04. The Bertz CT molecular complexity index is 558. The van der Waals surface area contributed by atoms with Gasteiger partial charge in [-0.3, -0.25) is 0 Å². The van der Waals surface area contributed by atoms with Crippen LogP contribution in [-0.2, 0) is 0 Å². The van der Waals surface area contributed by atoms with Gasteiger partial charge in [0.25, 0.3) is 0 Å². The van der Waals surface area contributed by atoms with Crippen molar-refractivity contribution >= 4 is 0 Å². The minimum absolute atomic E-state index is 0.0926. The Morgan fingerprint density at radius 3 is 2.55 bits per heavy atom. The van der Waals surface area contributed by atoms with Crippen LogP contribution in [0.25, 0.3) is 0 Å². The second-order valence-corrected chi connectivity index (χ2v) is 4.71. The third-order valence-corrected chi connectivity index (χ3v) is 3.04. The van der Waals surface area contributed by atoms with Gasteiger partial charge in [-0.05, 0) is 30.7 Å². The van der Waals surface area contributed by atoms with Gasteiger partial charge in [0, 0.05) is 11.6 Å². The van der Waals surface area contributed by atoms with E-state index in [-0.39, 0.29) is 18.5 Å². The molecule has 0 bridgehead atoms. The summed E-state index contributed by atoms with van der Waals surface area (Å²) in [5.41, 5.74) is 7.15. The number of benzene rings is 2. The second kappa shape index (κ2) is 6.50. The van der Waals surface area contributed by atoms with E-state index < -0.39 is 6.10 Å². The fraction of sp³-hybridized carbons (Fsp3) is 0.250. The van der Waals surface area contributed by atoms with Gasteiger partial charge in [0.1, 0.15) is 24.3 Å². The summed E-state index contributed by atoms with van der Waals surface area (Å²) in [4.78, 5) is 0. The van der Waals surface area contributed by atoms with Crippen molar-refractivity contribution in [2.45, 2.75) is 19.1 Å². The van der Waals surface area contributed by atoms with E-state index in [1.807, 2.05) is 30.3 Å². The minimum Gasteiger partial charge on any atom is -0.490 e. The lowest BCUT2D eigenvalue weighted by Crippen LogP contribution is -2.13. The zero-order chi connectivity index (χ0) is 14.5. The van der Waals surface area contributed by atoms with Crippen molar-refractivity contribution < 1.29 is 14.2 Å². The number of aliphatic hydroxyl groups excluding tert-OH is 1. The van der Waals surface area contributed by atoms with Crippen LogP contribution in [0.4, 0.5) is 4.39 Å². The molecule has 20 heavy (non-hydrogen) atoms. The maximum absolute atomic E-state index is 13.2. The lowest BCUT2D eigenvalue weighted by molar-refractivity contribution is 0.107. The van der Waals surface area contributed by atoms with E-state index in [1.165, 1.54) is 18.2 Å². The molecule has 2 atom stereocenters. The number of aliphatic hydroxyl groups is 1. The van der Waals surface area contributed by atoms with E-state index in [4.69, 9.17) is 10.5 Å². The van der Waals surface area contributed by atoms with Gasteiger partial charge in [-0.1, -0.05) is 30.3 Å². The topological polar surface area (TPSA) is 55.5 Å². The maximum Gasteiger partial charge on any atom is 0.124 e. The van der Waals surface area contributed by atoms with Crippen molar-refractivity contribution in [1.82, 2.24) is 0 Å². The monoisotopic (exact) mass is 275 g/mol. The van der Waals surface area contributed by atoms with Crippen LogP contribution < -0.4 is 10.5 Å². The lowest BCUT2D eigenvalue weighted by Gasteiger charge is -2.17. The first kappa shape index (κ1) is 14.5. The van der Waals surface area contributed by atoms with Gasteiger partial charge in [-0.25, -0.2) is 4.39 Å². The average molecular weight is 275 g/mol. The van der Waals surface area contributed by atoms with E-state index in [9.17, 15) is 9.50 Å². The summed E-state index contributed by atoms with van der Waals surface area (Å²) in [6.45, 7) is 1.85. The van der Waals surface area contributed by atoms with Crippen molar-refractivity contribution in [2.24, 2.45) is 5.73 Å². The van der Waals surface area contributed by atoms with Crippen LogP contribution in [-0.4, -0.2) is 11.7 Å². The van der Waals surface area contributed by atoms with Crippen LogP contribution in [0.1, 0.15) is 30.2 Å². The van der Waals surface area contributed by atoms with Crippen LogP contribution >= 0.6 is 0 Å². The van der Waals surface area contributed by atoms with Crippen molar-refractivity contribution in [1.29, 1.82) is 0 Å². The summed E-state index contributed by atoms with van der Waals surface area (Å²) in [5.74, 6) is 0.143. The number of rotatable bonds is 5. The SMILES string of the molecule is C[C@@H](N)c1cc(F)ccc1OCC(O)c1ccccc1. The van der Waals surface area contributed by atoms with Gasteiger partial charge < -0.3 is 15.6 Å². The molecule has 0 aliphatic heterocycles. The molecule has 4 heteroatoms. The summed E-state index contributed by atoms with van der Waals surface area (Å²) >= 11 is 0. The van der Waals surface area contributed by atoms with Crippen LogP contribution in [0.2, 0.25) is 0 Å². The Labute approximate surface area is 117 Å². The molecule has 0 saturated carbocycles. The molecular weight excluding hydrogens is 257 g/mol. The van der Waals surface area contributed by atoms with E-state index in [0.29, 0.717) is 11.3 Å². The molecule has 0 heterocycles. The smallest absolute Gasteiger partial charge is 0.124 e. The summed E-state index contributed by atoms with van der Waals surface area (Å²) in [6, 6.07) is 13.1. The van der Waals surface area contributed by atoms with Crippen LogP contribution in [0.15, 0.2) is 48.5 Å². The van der Waals surface area contributed by atoms with Gasteiger partial charge >= 0.3 is 0 Å². The first-order valence-electron chi connectivity index (χ1n) is 6.48. The van der Waals surface area contributed by atoms with E-state index in [1.54, 1.807) is 6.92 Å². The molecule has 1 unspecified atom stereocenters. The maximum atomic E-state index is 13.2. The molecule has 0 radical (unpaired) electrons. The first-order chi connectivity index (χ1) is 9.58. The zero-order valence-corrected chi connectivity index (χ0v) is 11.3. The van der Waals surface area contributed by atoms with Crippen LogP contribution in [0, 0.1) is 5.82 Å². The summed E-state index contributed by atoms with van der Waals surface area (Å²) in [6.07, 6.45) is -0.734. The summed E-state index contributed by atoms with van der Waals surface area (Å²) in [5, 5.41) is 10.0. The Morgan fingerprint density at radius 1 is 1.20 bits per heavy atom. The Kier molecular flexibility index (Phi) is 4.71. The van der Waals surface area contributed by atoms with E-state index in [0.717, 1.165) is 5.56 Å². The lowest BCUT2D eigenvalue weighted by atomic mass is 10.1. The zero-order valence-electron chi connectivity index (χ0n) is 11.3. The fourth-order valence-electron chi connectivity index (χ4n) is 1.95. The minimum atomic E-state index is -0.734. The molecule has 0 aliphatic carbocycles. The highest BCUT2D eigenvalue weighted by Crippen LogP contribution is 2.26. The largest absolute Gasteiger partial charge is 0.490 e. The highest BCUT2D eigenvalue weighted by molar-refractivity contribution is 5.36. The quantitative estimate of drug-likeness (QED) is 0.882. The third kappa shape index (κ3) is 3.56. The molecule has 0 amide bonds. The van der Waals surface area contributed by atoms with Crippen LogP contribution in [0.3, 0.4) is 0 Å². The Hall–Kier alpha value is -1.91. The van der Waals surface area contributed by atoms with Gasteiger partial charge in [0.15, 0.2) is 0 Å².